The summed E-state index contributed by atoms with van der Waals surface area (Å²) >= 11 is 0.676. The lowest BCUT2D eigenvalue weighted by Gasteiger charge is -2.28. The number of ether oxygens (including phenoxy) is 2. The van der Waals surface area contributed by atoms with E-state index in [0.717, 1.165) is 4.90 Å². The van der Waals surface area contributed by atoms with Gasteiger partial charge in [-0.15, -0.1) is 0 Å². The van der Waals surface area contributed by atoms with Crippen molar-refractivity contribution in [2.75, 3.05) is 40.0 Å². The van der Waals surface area contributed by atoms with E-state index >= 15 is 0 Å². The van der Waals surface area contributed by atoms with E-state index in [1.54, 1.807) is 4.90 Å². The molecule has 2 heterocycles. The monoisotopic (exact) mass is 407 g/mol. The molecule has 10 nitrogen and oxygen atoms in total. The number of hydrogen-bond donors (Lipinski definition) is 0. The molecule has 0 unspecified atom stereocenters. The van der Waals surface area contributed by atoms with Crippen molar-refractivity contribution in [1.29, 1.82) is 0 Å². The predicted molar refractivity (Wildman–Crippen MR) is 99.7 cm³/mol. The Bertz CT molecular complexity index is 864. The smallest absolute Gasteiger partial charge is 0.294 e. The highest BCUT2D eigenvalue weighted by atomic mass is 32.2. The molecule has 2 saturated heterocycles. The van der Waals surface area contributed by atoms with Crippen molar-refractivity contribution in [2.24, 2.45) is 0 Å². The van der Waals surface area contributed by atoms with E-state index in [1.807, 2.05) is 0 Å². The van der Waals surface area contributed by atoms with Gasteiger partial charge in [0.25, 0.3) is 16.8 Å². The van der Waals surface area contributed by atoms with Crippen LogP contribution in [0.3, 0.4) is 0 Å². The lowest BCUT2D eigenvalue weighted by molar-refractivity contribution is -0.384. The molecule has 0 radical (unpaired) electrons. The number of rotatable bonds is 5. The first-order valence-corrected chi connectivity index (χ1v) is 9.15. The first-order chi connectivity index (χ1) is 13.4. The summed E-state index contributed by atoms with van der Waals surface area (Å²) in [7, 11) is 1.39. The van der Waals surface area contributed by atoms with Crippen molar-refractivity contribution < 1.29 is 28.8 Å². The van der Waals surface area contributed by atoms with Crippen LogP contribution < -0.4 is 4.74 Å². The van der Waals surface area contributed by atoms with Gasteiger partial charge in [-0.3, -0.25) is 29.4 Å². The number of hydrogen-bond acceptors (Lipinski definition) is 8. The molecular weight excluding hydrogens is 390 g/mol. The molecule has 0 bridgehead atoms. The summed E-state index contributed by atoms with van der Waals surface area (Å²) in [6.45, 7) is 1.31. The fraction of sp³-hybridized carbons (Fsp3) is 0.353. The van der Waals surface area contributed by atoms with Crippen LogP contribution in [0.2, 0.25) is 0 Å². The number of benzene rings is 1. The van der Waals surface area contributed by atoms with Gasteiger partial charge in [-0.1, -0.05) is 0 Å². The highest BCUT2D eigenvalue weighted by Gasteiger charge is 2.37. The van der Waals surface area contributed by atoms with Crippen LogP contribution in [0.5, 0.6) is 5.75 Å². The maximum absolute atomic E-state index is 12.6. The molecule has 0 aliphatic carbocycles. The maximum Gasteiger partial charge on any atom is 0.294 e. The molecule has 28 heavy (non-hydrogen) atoms. The van der Waals surface area contributed by atoms with Crippen molar-refractivity contribution >= 4 is 40.6 Å². The van der Waals surface area contributed by atoms with Crippen LogP contribution in [-0.2, 0) is 14.3 Å². The zero-order chi connectivity index (χ0) is 20.3. The SMILES string of the molecule is COc1ccc([N+](=O)[O-])cc1/C=C1/SC(=O)N(CC(=O)N2CCOCC2)C1=O. The summed E-state index contributed by atoms with van der Waals surface area (Å²) < 4.78 is 10.3. The fourth-order valence-electron chi connectivity index (χ4n) is 2.77. The molecule has 11 heteroatoms. The number of carbonyl (C=O) groups excluding carboxylic acids is 3. The van der Waals surface area contributed by atoms with Crippen molar-refractivity contribution in [2.45, 2.75) is 0 Å². The number of imide groups is 1. The van der Waals surface area contributed by atoms with Gasteiger partial charge >= 0.3 is 0 Å². The Hall–Kier alpha value is -2.92. The third kappa shape index (κ3) is 4.15. The number of methoxy groups -OCH3 is 1. The Kier molecular flexibility index (Phi) is 5.95. The molecule has 148 valence electrons. The van der Waals surface area contributed by atoms with Crippen LogP contribution >= 0.6 is 11.8 Å². The van der Waals surface area contributed by atoms with Gasteiger partial charge in [0.15, 0.2) is 0 Å². The predicted octanol–water partition coefficient (Wildman–Crippen LogP) is 1.50. The summed E-state index contributed by atoms with van der Waals surface area (Å²) in [5, 5.41) is 10.4. The summed E-state index contributed by atoms with van der Waals surface area (Å²) in [6, 6.07) is 3.95. The van der Waals surface area contributed by atoms with Gasteiger partial charge in [-0.2, -0.15) is 0 Å². The third-order valence-corrected chi connectivity index (χ3v) is 5.15. The van der Waals surface area contributed by atoms with Gasteiger partial charge in [0.1, 0.15) is 12.3 Å². The first-order valence-electron chi connectivity index (χ1n) is 8.34. The molecule has 1 aromatic rings. The number of nitro benzene ring substituents is 1. The lowest BCUT2D eigenvalue weighted by Crippen LogP contribution is -2.46. The second-order valence-corrected chi connectivity index (χ2v) is 6.94. The van der Waals surface area contributed by atoms with Crippen molar-refractivity contribution in [3.8, 4) is 5.75 Å². The molecule has 0 aromatic heterocycles. The Balaban J connectivity index is 1.80. The number of nitro groups is 1. The van der Waals surface area contributed by atoms with Crippen molar-refractivity contribution in [1.82, 2.24) is 9.80 Å². The fourth-order valence-corrected chi connectivity index (χ4v) is 3.60. The average Bonchev–Trinajstić information content (AvgIpc) is 2.95. The molecular formula is C17H17N3O7S. The van der Waals surface area contributed by atoms with Gasteiger partial charge < -0.3 is 14.4 Å². The zero-order valence-electron chi connectivity index (χ0n) is 15.0. The van der Waals surface area contributed by atoms with Crippen LogP contribution in [0.25, 0.3) is 6.08 Å². The Morgan fingerprint density at radius 3 is 2.71 bits per heavy atom. The number of amides is 3. The maximum atomic E-state index is 12.6. The highest BCUT2D eigenvalue weighted by Crippen LogP contribution is 2.35. The van der Waals surface area contributed by atoms with Gasteiger partial charge in [-0.05, 0) is 23.9 Å². The first kappa shape index (κ1) is 19.8. The molecule has 2 aliphatic rings. The molecule has 0 N–H and O–H groups in total. The van der Waals surface area contributed by atoms with E-state index in [-0.39, 0.29) is 23.0 Å². The molecule has 1 aromatic carbocycles. The lowest BCUT2D eigenvalue weighted by atomic mass is 10.1. The molecule has 2 fully saturated rings. The normalized spacial score (nSPS) is 18.7. The topological polar surface area (TPSA) is 119 Å². The molecule has 0 saturated carbocycles. The summed E-state index contributed by atoms with van der Waals surface area (Å²) in [5.41, 5.74) is 0.121. The van der Waals surface area contributed by atoms with Gasteiger partial charge in [0.05, 0.1) is 30.2 Å². The second kappa shape index (κ2) is 8.40. The van der Waals surface area contributed by atoms with E-state index in [9.17, 15) is 24.5 Å². The van der Waals surface area contributed by atoms with Crippen LogP contribution in [0.4, 0.5) is 10.5 Å². The summed E-state index contributed by atoms with van der Waals surface area (Å²) in [4.78, 5) is 50.1. The standard InChI is InChI=1S/C17H17N3O7S/c1-26-13-3-2-12(20(24)25)8-11(13)9-14-16(22)19(17(23)28-14)10-15(21)18-4-6-27-7-5-18/h2-3,8-9H,4-7,10H2,1H3/b14-9+. The quantitative estimate of drug-likeness (QED) is 0.409. The molecule has 3 rings (SSSR count). The Labute approximate surface area is 164 Å². The van der Waals surface area contributed by atoms with Crippen molar-refractivity contribution in [3.63, 3.8) is 0 Å². The Morgan fingerprint density at radius 1 is 1.36 bits per heavy atom. The summed E-state index contributed by atoms with van der Waals surface area (Å²) in [5.74, 6) is -0.633. The van der Waals surface area contributed by atoms with E-state index in [4.69, 9.17) is 9.47 Å². The number of non-ortho nitro benzene ring substituents is 1. The zero-order valence-corrected chi connectivity index (χ0v) is 15.8. The van der Waals surface area contributed by atoms with E-state index in [0.29, 0.717) is 49.4 Å². The summed E-state index contributed by atoms with van der Waals surface area (Å²) in [6.07, 6.45) is 1.36. The van der Waals surface area contributed by atoms with Crippen LogP contribution in [-0.4, -0.2) is 71.7 Å². The number of nitrogens with zero attached hydrogens (tertiary/aromatic N) is 3. The van der Waals surface area contributed by atoms with Crippen LogP contribution in [0.1, 0.15) is 5.56 Å². The Morgan fingerprint density at radius 2 is 2.07 bits per heavy atom. The van der Waals surface area contributed by atoms with Gasteiger partial charge in [0.2, 0.25) is 5.91 Å². The van der Waals surface area contributed by atoms with Crippen LogP contribution in [0, 0.1) is 10.1 Å². The van der Waals surface area contributed by atoms with Crippen LogP contribution in [0.15, 0.2) is 23.1 Å². The van der Waals surface area contributed by atoms with E-state index < -0.39 is 16.1 Å². The molecule has 2 aliphatic heterocycles. The third-order valence-electron chi connectivity index (χ3n) is 4.24. The minimum Gasteiger partial charge on any atom is -0.496 e. The highest BCUT2D eigenvalue weighted by molar-refractivity contribution is 8.18. The van der Waals surface area contributed by atoms with E-state index in [1.165, 1.54) is 31.4 Å². The minimum atomic E-state index is -0.620. The van der Waals surface area contributed by atoms with Gasteiger partial charge in [0, 0.05) is 30.8 Å². The largest absolute Gasteiger partial charge is 0.496 e. The number of carbonyl (C=O) groups is 3. The average molecular weight is 407 g/mol. The number of thioether (sulfide) groups is 1. The molecule has 0 atom stereocenters. The van der Waals surface area contributed by atoms with Crippen molar-refractivity contribution in [3.05, 3.63) is 38.8 Å². The molecule has 0 spiro atoms. The molecule has 3 amide bonds. The second-order valence-electron chi connectivity index (χ2n) is 5.94. The van der Waals surface area contributed by atoms with E-state index in [2.05, 4.69) is 0 Å². The number of morpholine rings is 1. The van der Waals surface area contributed by atoms with Gasteiger partial charge in [-0.25, -0.2) is 0 Å². The minimum absolute atomic E-state index is 0.0681.